The van der Waals surface area contributed by atoms with Crippen LogP contribution >= 0.6 is 0 Å². The van der Waals surface area contributed by atoms with E-state index in [1.54, 1.807) is 57.2 Å². The Morgan fingerprint density at radius 3 is 2.26 bits per heavy atom. The van der Waals surface area contributed by atoms with Crippen LogP contribution in [0.5, 0.6) is 5.75 Å². The minimum Gasteiger partial charge on any atom is -0.497 e. The van der Waals surface area contributed by atoms with Gasteiger partial charge in [0.2, 0.25) is 15.9 Å². The van der Waals surface area contributed by atoms with E-state index in [0.29, 0.717) is 22.7 Å². The highest BCUT2D eigenvalue weighted by Gasteiger charge is 2.32. The number of amides is 1. The number of nitrogens with one attached hydrogen (secondary N) is 1. The van der Waals surface area contributed by atoms with Gasteiger partial charge in [0, 0.05) is 5.69 Å². The van der Waals surface area contributed by atoms with Gasteiger partial charge >= 0.3 is 5.97 Å². The highest BCUT2D eigenvalue weighted by molar-refractivity contribution is 7.92. The summed E-state index contributed by atoms with van der Waals surface area (Å²) < 4.78 is 36.4. The van der Waals surface area contributed by atoms with Gasteiger partial charge in [0.05, 0.1) is 31.2 Å². The first-order chi connectivity index (χ1) is 14.6. The number of hydrogen-bond donors (Lipinski definition) is 1. The first-order valence-electron chi connectivity index (χ1n) is 9.84. The second-order valence-corrected chi connectivity index (χ2v) is 8.78. The van der Waals surface area contributed by atoms with Crippen molar-refractivity contribution in [3.8, 4) is 5.75 Å². The zero-order valence-electron chi connectivity index (χ0n) is 18.3. The Labute approximate surface area is 183 Å². The van der Waals surface area contributed by atoms with E-state index in [2.05, 4.69) is 5.32 Å². The lowest BCUT2D eigenvalue weighted by Crippen LogP contribution is -2.47. The Morgan fingerprint density at radius 1 is 1.10 bits per heavy atom. The van der Waals surface area contributed by atoms with Crippen molar-refractivity contribution in [2.45, 2.75) is 33.2 Å². The number of benzene rings is 2. The molecule has 0 saturated carbocycles. The fourth-order valence-electron chi connectivity index (χ4n) is 3.10. The molecule has 168 valence electrons. The van der Waals surface area contributed by atoms with Crippen LogP contribution < -0.4 is 14.4 Å². The number of ether oxygens (including phenoxy) is 2. The van der Waals surface area contributed by atoms with Crippen LogP contribution in [0.15, 0.2) is 42.5 Å². The summed E-state index contributed by atoms with van der Waals surface area (Å²) in [6.45, 7) is 5.45. The van der Waals surface area contributed by atoms with Crippen molar-refractivity contribution in [1.29, 1.82) is 0 Å². The lowest BCUT2D eigenvalue weighted by Gasteiger charge is -2.30. The number of carbonyl (C=O) groups is 2. The number of esters is 1. The minimum atomic E-state index is -3.77. The average Bonchev–Trinajstić information content (AvgIpc) is 2.72. The lowest BCUT2D eigenvalue weighted by molar-refractivity contribution is -0.117. The predicted molar refractivity (Wildman–Crippen MR) is 120 cm³/mol. The molecule has 31 heavy (non-hydrogen) atoms. The molecule has 1 N–H and O–H groups in total. The quantitative estimate of drug-likeness (QED) is 0.590. The first kappa shape index (κ1) is 24.2. The Balaban J connectivity index is 2.38. The molecule has 0 spiro atoms. The first-order valence-corrected chi connectivity index (χ1v) is 11.7. The molecule has 8 nitrogen and oxygen atoms in total. The molecule has 0 aliphatic heterocycles. The van der Waals surface area contributed by atoms with Crippen molar-refractivity contribution in [3.63, 3.8) is 0 Å². The van der Waals surface area contributed by atoms with Crippen molar-refractivity contribution in [2.75, 3.05) is 29.6 Å². The van der Waals surface area contributed by atoms with Crippen LogP contribution in [0.3, 0.4) is 0 Å². The number of aryl methyl sites for hydroxylation is 1. The number of methoxy groups -OCH3 is 1. The predicted octanol–water partition coefficient (Wildman–Crippen LogP) is 3.36. The molecule has 9 heteroatoms. The molecule has 2 aromatic carbocycles. The van der Waals surface area contributed by atoms with Gasteiger partial charge in [-0.25, -0.2) is 13.2 Å². The van der Waals surface area contributed by atoms with E-state index in [-0.39, 0.29) is 13.0 Å². The highest BCUT2D eigenvalue weighted by atomic mass is 32.2. The van der Waals surface area contributed by atoms with Crippen molar-refractivity contribution >= 4 is 33.3 Å². The second-order valence-electron chi connectivity index (χ2n) is 6.92. The topological polar surface area (TPSA) is 102 Å². The number of anilines is 2. The van der Waals surface area contributed by atoms with E-state index in [9.17, 15) is 18.0 Å². The second kappa shape index (κ2) is 10.3. The third-order valence-electron chi connectivity index (χ3n) is 4.66. The highest BCUT2D eigenvalue weighted by Crippen LogP contribution is 2.26. The van der Waals surface area contributed by atoms with Crippen LogP contribution in [0.4, 0.5) is 11.4 Å². The monoisotopic (exact) mass is 448 g/mol. The Morgan fingerprint density at radius 2 is 1.74 bits per heavy atom. The van der Waals surface area contributed by atoms with Gasteiger partial charge in [0.15, 0.2) is 0 Å². The van der Waals surface area contributed by atoms with Crippen LogP contribution in [-0.2, 0) is 19.6 Å². The molecule has 2 rings (SSSR count). The molecule has 0 aromatic heterocycles. The average molecular weight is 449 g/mol. The van der Waals surface area contributed by atoms with Gasteiger partial charge in [-0.3, -0.25) is 9.10 Å². The Hall–Kier alpha value is -3.07. The van der Waals surface area contributed by atoms with Gasteiger partial charge in [0.25, 0.3) is 0 Å². The molecule has 0 aliphatic rings. The van der Waals surface area contributed by atoms with E-state index in [1.807, 2.05) is 0 Å². The summed E-state index contributed by atoms with van der Waals surface area (Å²) in [5.74, 6) is -0.435. The van der Waals surface area contributed by atoms with Crippen LogP contribution in [0.1, 0.15) is 36.2 Å². The van der Waals surface area contributed by atoms with Crippen LogP contribution in [-0.4, -0.2) is 46.3 Å². The summed E-state index contributed by atoms with van der Waals surface area (Å²) in [5, 5.41) is 2.77. The third kappa shape index (κ3) is 5.97. The van der Waals surface area contributed by atoms with Gasteiger partial charge in [0.1, 0.15) is 11.8 Å². The molecule has 0 unspecified atom stereocenters. The molecule has 1 amide bonds. The molecule has 0 heterocycles. The number of sulfonamides is 1. The molecular weight excluding hydrogens is 420 g/mol. The fraction of sp³-hybridized carbons (Fsp3) is 0.364. The summed E-state index contributed by atoms with van der Waals surface area (Å²) in [4.78, 5) is 25.2. The number of nitrogens with zero attached hydrogens (tertiary/aromatic N) is 1. The maximum atomic E-state index is 13.1. The van der Waals surface area contributed by atoms with E-state index in [0.717, 1.165) is 16.1 Å². The van der Waals surface area contributed by atoms with E-state index in [1.165, 1.54) is 13.2 Å². The van der Waals surface area contributed by atoms with Crippen LogP contribution in [0, 0.1) is 6.92 Å². The number of carbonyl (C=O) groups excluding carboxylic acids is 2. The van der Waals surface area contributed by atoms with Gasteiger partial charge < -0.3 is 14.8 Å². The molecule has 0 radical (unpaired) electrons. The molecular formula is C22H28N2O6S. The standard InChI is InChI=1S/C22H28N2O6S/c1-6-20(24(31(5,27)28)17-10-12-18(29-4)13-11-17)21(25)23-19-14-16(9-8-15(19)3)22(26)30-7-2/h8-14,20H,6-7H2,1-5H3,(H,23,25)/t20-/m1/s1. The van der Waals surface area contributed by atoms with Gasteiger partial charge in [-0.05, 0) is 62.2 Å². The van der Waals surface area contributed by atoms with Crippen molar-refractivity contribution in [1.82, 2.24) is 0 Å². The molecule has 0 saturated heterocycles. The lowest BCUT2D eigenvalue weighted by atomic mass is 10.1. The van der Waals surface area contributed by atoms with Crippen molar-refractivity contribution in [3.05, 3.63) is 53.6 Å². The normalized spacial score (nSPS) is 12.0. The Bertz CT molecular complexity index is 1030. The van der Waals surface area contributed by atoms with Gasteiger partial charge in [-0.1, -0.05) is 13.0 Å². The Kier molecular flexibility index (Phi) is 8.04. The van der Waals surface area contributed by atoms with Gasteiger partial charge in [-0.15, -0.1) is 0 Å². The minimum absolute atomic E-state index is 0.234. The maximum absolute atomic E-state index is 13.1. The molecule has 2 aromatic rings. The fourth-order valence-corrected chi connectivity index (χ4v) is 4.32. The van der Waals surface area contributed by atoms with Crippen LogP contribution in [0.25, 0.3) is 0 Å². The van der Waals surface area contributed by atoms with Crippen molar-refractivity contribution < 1.29 is 27.5 Å². The number of hydrogen-bond acceptors (Lipinski definition) is 6. The zero-order valence-corrected chi connectivity index (χ0v) is 19.2. The summed E-state index contributed by atoms with van der Waals surface area (Å²) in [6.07, 6.45) is 1.29. The smallest absolute Gasteiger partial charge is 0.338 e. The number of rotatable bonds is 9. The van der Waals surface area contributed by atoms with E-state index < -0.39 is 27.9 Å². The third-order valence-corrected chi connectivity index (χ3v) is 5.84. The SMILES string of the molecule is CCOC(=O)c1ccc(C)c(NC(=O)[C@@H](CC)N(c2ccc(OC)cc2)S(C)(=O)=O)c1. The summed E-state index contributed by atoms with van der Waals surface area (Å²) in [5.41, 5.74) is 1.79. The molecule has 1 atom stereocenters. The molecule has 0 fully saturated rings. The zero-order chi connectivity index (χ0) is 23.2. The largest absolute Gasteiger partial charge is 0.497 e. The summed E-state index contributed by atoms with van der Waals surface area (Å²) >= 11 is 0. The maximum Gasteiger partial charge on any atom is 0.338 e. The summed E-state index contributed by atoms with van der Waals surface area (Å²) in [7, 11) is -2.26. The van der Waals surface area contributed by atoms with Crippen LogP contribution in [0.2, 0.25) is 0 Å². The van der Waals surface area contributed by atoms with E-state index in [4.69, 9.17) is 9.47 Å². The van der Waals surface area contributed by atoms with E-state index >= 15 is 0 Å². The molecule has 0 aliphatic carbocycles. The van der Waals surface area contributed by atoms with Gasteiger partial charge in [-0.2, -0.15) is 0 Å². The van der Waals surface area contributed by atoms with Crippen molar-refractivity contribution in [2.24, 2.45) is 0 Å². The summed E-state index contributed by atoms with van der Waals surface area (Å²) in [6, 6.07) is 10.3. The molecule has 0 bridgehead atoms.